The highest BCUT2D eigenvalue weighted by Gasteiger charge is 2.45. The predicted octanol–water partition coefficient (Wildman–Crippen LogP) is 2.28. The van der Waals surface area contributed by atoms with Crippen molar-refractivity contribution in [2.24, 2.45) is 5.41 Å². The third-order valence-corrected chi connectivity index (χ3v) is 6.38. The van der Waals surface area contributed by atoms with Gasteiger partial charge in [0, 0.05) is 31.4 Å². The average Bonchev–Trinajstić information content (AvgIpc) is 3.66. The average molecular weight is 379 g/mol. The quantitative estimate of drug-likeness (QED) is 0.864. The lowest BCUT2D eigenvalue weighted by Crippen LogP contribution is -2.44. The van der Waals surface area contributed by atoms with Crippen LogP contribution in [0.15, 0.2) is 30.6 Å². The van der Waals surface area contributed by atoms with Crippen LogP contribution in [-0.2, 0) is 4.79 Å². The second-order valence-corrected chi connectivity index (χ2v) is 8.43. The smallest absolute Gasteiger partial charge is 0.253 e. The number of aromatic nitrogens is 3. The summed E-state index contributed by atoms with van der Waals surface area (Å²) in [6.07, 6.45) is 10.7. The molecule has 2 aliphatic carbocycles. The molecule has 1 spiro atoms. The van der Waals surface area contributed by atoms with Gasteiger partial charge in [0.1, 0.15) is 0 Å². The molecule has 3 fully saturated rings. The SMILES string of the molecule is O=C(NCC(=O)N1CCC2(CC1)CC2)c1ccc(-n2ccc(C3CC3)n2)nc1. The number of hydrogen-bond donors (Lipinski definition) is 1. The van der Waals surface area contributed by atoms with Gasteiger partial charge in [-0.05, 0) is 62.1 Å². The normalized spacial score (nSPS) is 20.2. The van der Waals surface area contributed by atoms with Crippen LogP contribution in [0.1, 0.15) is 60.5 Å². The molecule has 28 heavy (non-hydrogen) atoms. The first kappa shape index (κ1) is 17.4. The number of piperidine rings is 1. The van der Waals surface area contributed by atoms with Crippen molar-refractivity contribution in [3.05, 3.63) is 41.9 Å². The van der Waals surface area contributed by atoms with Crippen molar-refractivity contribution in [2.45, 2.75) is 44.4 Å². The molecule has 1 N–H and O–H groups in total. The Balaban J connectivity index is 1.14. The van der Waals surface area contributed by atoms with Gasteiger partial charge in [-0.2, -0.15) is 5.10 Å². The van der Waals surface area contributed by atoms with E-state index in [-0.39, 0.29) is 18.4 Å². The highest BCUT2D eigenvalue weighted by Crippen LogP contribution is 2.53. The van der Waals surface area contributed by atoms with Crippen molar-refractivity contribution in [3.8, 4) is 5.82 Å². The molecule has 2 aromatic heterocycles. The molecule has 0 atom stereocenters. The number of nitrogens with one attached hydrogen (secondary N) is 1. The largest absolute Gasteiger partial charge is 0.343 e. The Kier molecular flexibility index (Phi) is 4.18. The van der Waals surface area contributed by atoms with Gasteiger partial charge < -0.3 is 10.2 Å². The molecule has 3 heterocycles. The zero-order chi connectivity index (χ0) is 19.1. The highest BCUT2D eigenvalue weighted by molar-refractivity contribution is 5.96. The van der Waals surface area contributed by atoms with Crippen LogP contribution < -0.4 is 5.32 Å². The topological polar surface area (TPSA) is 80.1 Å². The number of hydrogen-bond acceptors (Lipinski definition) is 4. The summed E-state index contributed by atoms with van der Waals surface area (Å²) in [6.45, 7) is 1.67. The summed E-state index contributed by atoms with van der Waals surface area (Å²) in [4.78, 5) is 30.9. The first-order valence-electron chi connectivity index (χ1n) is 10.2. The minimum atomic E-state index is -0.276. The van der Waals surface area contributed by atoms with Gasteiger partial charge in [0.15, 0.2) is 5.82 Å². The van der Waals surface area contributed by atoms with Crippen LogP contribution in [0.3, 0.4) is 0 Å². The van der Waals surface area contributed by atoms with E-state index in [1.54, 1.807) is 16.8 Å². The molecular weight excluding hydrogens is 354 g/mol. The van der Waals surface area contributed by atoms with Crippen molar-refractivity contribution < 1.29 is 9.59 Å². The molecule has 1 saturated heterocycles. The van der Waals surface area contributed by atoms with Crippen LogP contribution in [0.25, 0.3) is 5.82 Å². The molecule has 2 amide bonds. The Hall–Kier alpha value is -2.70. The molecule has 2 saturated carbocycles. The fourth-order valence-corrected chi connectivity index (χ4v) is 4.00. The Morgan fingerprint density at radius 1 is 1.11 bits per heavy atom. The lowest BCUT2D eigenvalue weighted by atomic mass is 9.94. The second-order valence-electron chi connectivity index (χ2n) is 8.43. The van der Waals surface area contributed by atoms with Gasteiger partial charge in [-0.15, -0.1) is 0 Å². The van der Waals surface area contributed by atoms with Crippen LogP contribution in [-0.4, -0.2) is 51.1 Å². The molecule has 5 rings (SSSR count). The number of pyridine rings is 1. The fourth-order valence-electron chi connectivity index (χ4n) is 4.00. The van der Waals surface area contributed by atoms with E-state index in [4.69, 9.17) is 0 Å². The summed E-state index contributed by atoms with van der Waals surface area (Å²) in [5, 5.41) is 7.27. The number of amides is 2. The Morgan fingerprint density at radius 3 is 2.54 bits per heavy atom. The van der Waals surface area contributed by atoms with Crippen molar-refractivity contribution in [1.82, 2.24) is 25.0 Å². The highest BCUT2D eigenvalue weighted by atomic mass is 16.2. The number of carbonyl (C=O) groups is 2. The molecule has 1 aliphatic heterocycles. The van der Waals surface area contributed by atoms with Crippen molar-refractivity contribution in [2.75, 3.05) is 19.6 Å². The number of likely N-dealkylation sites (tertiary alicyclic amines) is 1. The van der Waals surface area contributed by atoms with Gasteiger partial charge in [-0.25, -0.2) is 9.67 Å². The van der Waals surface area contributed by atoms with E-state index in [1.165, 1.54) is 31.9 Å². The van der Waals surface area contributed by atoms with Crippen molar-refractivity contribution >= 4 is 11.8 Å². The summed E-state index contributed by atoms with van der Waals surface area (Å²) in [6, 6.07) is 5.52. The fraction of sp³-hybridized carbons (Fsp3) is 0.524. The third-order valence-electron chi connectivity index (χ3n) is 6.38. The van der Waals surface area contributed by atoms with Gasteiger partial charge in [0.05, 0.1) is 17.8 Å². The van der Waals surface area contributed by atoms with Crippen LogP contribution >= 0.6 is 0 Å². The molecule has 146 valence electrons. The van der Waals surface area contributed by atoms with E-state index in [2.05, 4.69) is 15.4 Å². The van der Waals surface area contributed by atoms with E-state index in [1.807, 2.05) is 17.2 Å². The first-order chi connectivity index (χ1) is 13.6. The van der Waals surface area contributed by atoms with Crippen LogP contribution in [0.4, 0.5) is 0 Å². The number of carbonyl (C=O) groups excluding carboxylic acids is 2. The van der Waals surface area contributed by atoms with E-state index in [9.17, 15) is 9.59 Å². The molecule has 7 heteroatoms. The Bertz CT molecular complexity index is 886. The monoisotopic (exact) mass is 379 g/mol. The van der Waals surface area contributed by atoms with Gasteiger partial charge in [0.2, 0.25) is 5.91 Å². The van der Waals surface area contributed by atoms with Crippen LogP contribution in [0.5, 0.6) is 0 Å². The Labute approximate surface area is 164 Å². The van der Waals surface area contributed by atoms with Crippen molar-refractivity contribution in [3.63, 3.8) is 0 Å². The molecule has 7 nitrogen and oxygen atoms in total. The molecule has 0 unspecified atom stereocenters. The van der Waals surface area contributed by atoms with Crippen molar-refractivity contribution in [1.29, 1.82) is 0 Å². The van der Waals surface area contributed by atoms with E-state index in [0.29, 0.717) is 22.7 Å². The zero-order valence-corrected chi connectivity index (χ0v) is 15.9. The maximum absolute atomic E-state index is 12.4. The van der Waals surface area contributed by atoms with Gasteiger partial charge in [0.25, 0.3) is 5.91 Å². The molecule has 0 aromatic carbocycles. The molecule has 2 aromatic rings. The molecule has 0 radical (unpaired) electrons. The summed E-state index contributed by atoms with van der Waals surface area (Å²) < 4.78 is 1.74. The van der Waals surface area contributed by atoms with E-state index < -0.39 is 0 Å². The maximum Gasteiger partial charge on any atom is 0.253 e. The number of rotatable bonds is 5. The van der Waals surface area contributed by atoms with E-state index >= 15 is 0 Å². The molecule has 0 bridgehead atoms. The van der Waals surface area contributed by atoms with Gasteiger partial charge in [-0.1, -0.05) is 0 Å². The van der Waals surface area contributed by atoms with Gasteiger partial charge in [-0.3, -0.25) is 9.59 Å². The maximum atomic E-state index is 12.4. The molecule has 3 aliphatic rings. The summed E-state index contributed by atoms with van der Waals surface area (Å²) in [7, 11) is 0. The van der Waals surface area contributed by atoms with E-state index in [0.717, 1.165) is 31.6 Å². The lowest BCUT2D eigenvalue weighted by molar-refractivity contribution is -0.131. The van der Waals surface area contributed by atoms with Gasteiger partial charge >= 0.3 is 0 Å². The summed E-state index contributed by atoms with van der Waals surface area (Å²) in [5.74, 6) is 1.00. The minimum absolute atomic E-state index is 0.00224. The summed E-state index contributed by atoms with van der Waals surface area (Å²) in [5.41, 5.74) is 2.09. The Morgan fingerprint density at radius 2 is 1.89 bits per heavy atom. The first-order valence-corrected chi connectivity index (χ1v) is 10.2. The van der Waals surface area contributed by atoms with Crippen LogP contribution in [0.2, 0.25) is 0 Å². The predicted molar refractivity (Wildman–Crippen MR) is 103 cm³/mol. The zero-order valence-electron chi connectivity index (χ0n) is 15.9. The molecular formula is C21H25N5O2. The second kappa shape index (κ2) is 6.72. The third kappa shape index (κ3) is 3.53. The number of nitrogens with zero attached hydrogens (tertiary/aromatic N) is 4. The standard InChI is InChI=1S/C21H25N5O2/c27-19(25-11-8-21(6-7-21)9-12-25)14-23-20(28)16-3-4-18(22-13-16)26-10-5-17(24-26)15-1-2-15/h3-5,10,13,15H,1-2,6-9,11-12,14H2,(H,23,28). The van der Waals surface area contributed by atoms with Crippen LogP contribution in [0, 0.1) is 5.41 Å². The summed E-state index contributed by atoms with van der Waals surface area (Å²) >= 11 is 0. The minimum Gasteiger partial charge on any atom is -0.343 e. The lowest BCUT2D eigenvalue weighted by Gasteiger charge is -2.32.